The first-order chi connectivity index (χ1) is 20.4. The predicted octanol–water partition coefficient (Wildman–Crippen LogP) is 6.02. The summed E-state index contributed by atoms with van der Waals surface area (Å²) >= 11 is 0. The van der Waals surface area contributed by atoms with Gasteiger partial charge in [0.2, 0.25) is 5.89 Å². The van der Waals surface area contributed by atoms with Crippen molar-refractivity contribution in [3.05, 3.63) is 42.2 Å². The van der Waals surface area contributed by atoms with E-state index < -0.39 is 29.7 Å². The van der Waals surface area contributed by atoms with Gasteiger partial charge < -0.3 is 19.2 Å². The molecule has 3 aromatic rings. The first kappa shape index (κ1) is 30.6. The molecule has 0 unspecified atom stereocenters. The highest BCUT2D eigenvalue weighted by molar-refractivity contribution is 6.04. The number of aliphatic hydroxyl groups excluding tert-OH is 1. The van der Waals surface area contributed by atoms with Crippen molar-refractivity contribution in [1.82, 2.24) is 19.7 Å². The first-order valence-corrected chi connectivity index (χ1v) is 14.6. The van der Waals surface area contributed by atoms with Crippen LogP contribution in [-0.2, 0) is 4.74 Å². The molecule has 2 saturated carbocycles. The molecule has 11 nitrogen and oxygen atoms in total. The summed E-state index contributed by atoms with van der Waals surface area (Å²) in [6, 6.07) is 3.19. The first-order valence-electron chi connectivity index (χ1n) is 14.6. The van der Waals surface area contributed by atoms with Crippen LogP contribution in [-0.4, -0.2) is 62.7 Å². The summed E-state index contributed by atoms with van der Waals surface area (Å²) in [6.07, 6.45) is 5.80. The molecular weight excluding hydrogens is 562 g/mol. The van der Waals surface area contributed by atoms with E-state index >= 15 is 0 Å². The van der Waals surface area contributed by atoms with Gasteiger partial charge in [0.1, 0.15) is 17.7 Å². The Balaban J connectivity index is 1.35. The van der Waals surface area contributed by atoms with Crippen molar-refractivity contribution in [3.8, 4) is 11.5 Å². The Morgan fingerprint density at radius 1 is 1.16 bits per heavy atom. The molecule has 232 valence electrons. The lowest BCUT2D eigenvalue weighted by atomic mass is 9.87. The van der Waals surface area contributed by atoms with Gasteiger partial charge in [-0.1, -0.05) is 0 Å². The summed E-state index contributed by atoms with van der Waals surface area (Å²) in [4.78, 5) is 37.7. The fourth-order valence-electron chi connectivity index (χ4n) is 5.21. The number of ether oxygens (including phenoxy) is 1. The zero-order valence-corrected chi connectivity index (χ0v) is 24.9. The van der Waals surface area contributed by atoms with Crippen molar-refractivity contribution in [2.45, 2.75) is 77.4 Å². The monoisotopic (exact) mass is 600 g/mol. The number of halogens is 2. The highest BCUT2D eigenvalue weighted by atomic mass is 19.3. The molecule has 13 heteroatoms. The van der Waals surface area contributed by atoms with Gasteiger partial charge >= 0.3 is 6.09 Å². The minimum Gasteiger partial charge on any atom is -0.444 e. The molecule has 43 heavy (non-hydrogen) atoms. The number of aliphatic hydroxyl groups is 1. The number of anilines is 2. The molecule has 0 atom stereocenters. The Morgan fingerprint density at radius 3 is 2.49 bits per heavy atom. The van der Waals surface area contributed by atoms with Crippen molar-refractivity contribution in [2.75, 3.05) is 30.0 Å². The Morgan fingerprint density at radius 2 is 1.86 bits per heavy atom. The Kier molecular flexibility index (Phi) is 8.81. The highest BCUT2D eigenvalue weighted by Crippen LogP contribution is 2.36. The maximum Gasteiger partial charge on any atom is 0.416 e. The van der Waals surface area contributed by atoms with Gasteiger partial charge in [-0.2, -0.15) is 5.10 Å². The number of hydrogen-bond donors (Lipinski definition) is 1. The molecule has 2 fully saturated rings. The molecule has 0 radical (unpaired) electrons. The maximum absolute atomic E-state index is 14.0. The Hall–Kier alpha value is -3.87. The summed E-state index contributed by atoms with van der Waals surface area (Å²) in [6.45, 7) is 5.97. The van der Waals surface area contributed by atoms with Gasteiger partial charge in [0, 0.05) is 38.2 Å². The summed E-state index contributed by atoms with van der Waals surface area (Å²) < 4.78 is 40.7. The third-order valence-corrected chi connectivity index (χ3v) is 7.81. The van der Waals surface area contributed by atoms with Gasteiger partial charge in [-0.15, -0.1) is 0 Å². The van der Waals surface area contributed by atoms with Gasteiger partial charge in [0.15, 0.2) is 11.4 Å². The van der Waals surface area contributed by atoms with Crippen molar-refractivity contribution in [2.24, 2.45) is 11.8 Å². The molecule has 0 spiro atoms. The third-order valence-electron chi connectivity index (χ3n) is 7.81. The van der Waals surface area contributed by atoms with Crippen LogP contribution in [0.1, 0.15) is 87.9 Å². The SMILES string of the molecule is CN(C(=O)c1coc(-c2ccnc(N(CC3CC3)C(=O)OC(C)(C)C)c2)n1)c1cn(C2CCC(CO)CC2)nc1C(F)F. The van der Waals surface area contributed by atoms with Crippen LogP contribution in [0.25, 0.3) is 11.5 Å². The number of carbonyl (C=O) groups is 2. The lowest BCUT2D eigenvalue weighted by Gasteiger charge is -2.27. The van der Waals surface area contributed by atoms with E-state index in [1.54, 1.807) is 32.9 Å². The minimum atomic E-state index is -2.88. The standard InChI is InChI=1S/C30H38F2N6O5/c1-30(2,3)43-29(41)37(14-18-5-6-18)24-13-20(11-12-33-24)27-34-22(17-42-27)28(40)36(4)23-15-38(35-25(23)26(31)32)21-9-7-19(16-39)8-10-21/h11-13,15,17-19,21,26,39H,5-10,14,16H2,1-4H3. The molecule has 0 aromatic carbocycles. The van der Waals surface area contributed by atoms with Crippen LogP contribution in [0.2, 0.25) is 0 Å². The molecular formula is C30H38F2N6O5. The Bertz CT molecular complexity index is 1440. The second kappa shape index (κ2) is 12.4. The number of alkyl halides is 2. The fourth-order valence-corrected chi connectivity index (χ4v) is 5.21. The van der Waals surface area contributed by atoms with Crippen LogP contribution in [0.15, 0.2) is 35.2 Å². The summed E-state index contributed by atoms with van der Waals surface area (Å²) in [5, 5.41) is 13.6. The molecule has 0 saturated heterocycles. The summed E-state index contributed by atoms with van der Waals surface area (Å²) in [5.41, 5.74) is -0.765. The van der Waals surface area contributed by atoms with Crippen LogP contribution in [0.3, 0.4) is 0 Å². The van der Waals surface area contributed by atoms with E-state index in [0.29, 0.717) is 36.7 Å². The lowest BCUT2D eigenvalue weighted by molar-refractivity contribution is 0.0577. The topological polar surface area (TPSA) is 127 Å². The second-order valence-electron chi connectivity index (χ2n) is 12.4. The number of nitrogens with zero attached hydrogens (tertiary/aromatic N) is 6. The number of oxazole rings is 1. The minimum absolute atomic E-state index is 0.00638. The number of aromatic nitrogens is 4. The zero-order chi connectivity index (χ0) is 30.9. The normalized spacial score (nSPS) is 19.0. The van der Waals surface area contributed by atoms with Gasteiger partial charge in [0.25, 0.3) is 12.3 Å². The van der Waals surface area contributed by atoms with Gasteiger partial charge in [-0.05, 0) is 83.3 Å². The third kappa shape index (κ3) is 7.20. The van der Waals surface area contributed by atoms with Crippen LogP contribution in [0.4, 0.5) is 25.1 Å². The van der Waals surface area contributed by atoms with E-state index in [-0.39, 0.29) is 35.8 Å². The van der Waals surface area contributed by atoms with Crippen LogP contribution in [0, 0.1) is 11.8 Å². The number of amides is 2. The van der Waals surface area contributed by atoms with E-state index in [0.717, 1.165) is 30.6 Å². The molecule has 0 aliphatic heterocycles. The van der Waals surface area contributed by atoms with Crippen LogP contribution < -0.4 is 9.80 Å². The molecule has 3 heterocycles. The molecule has 1 N–H and O–H groups in total. The molecule has 5 rings (SSSR count). The van der Waals surface area contributed by atoms with E-state index in [9.17, 15) is 23.5 Å². The summed E-state index contributed by atoms with van der Waals surface area (Å²) in [5.74, 6) is 0.420. The van der Waals surface area contributed by atoms with E-state index in [2.05, 4.69) is 15.1 Å². The van der Waals surface area contributed by atoms with Crippen molar-refractivity contribution in [3.63, 3.8) is 0 Å². The van der Waals surface area contributed by atoms with Crippen molar-refractivity contribution < 1.29 is 32.6 Å². The quantitative estimate of drug-likeness (QED) is 0.316. The fraction of sp³-hybridized carbons (Fsp3) is 0.567. The zero-order valence-electron chi connectivity index (χ0n) is 24.9. The van der Waals surface area contributed by atoms with E-state index in [4.69, 9.17) is 9.15 Å². The lowest BCUT2D eigenvalue weighted by Crippen LogP contribution is -2.38. The van der Waals surface area contributed by atoms with Crippen LogP contribution in [0.5, 0.6) is 0 Å². The average Bonchev–Trinajstić information content (AvgIpc) is 3.47. The summed E-state index contributed by atoms with van der Waals surface area (Å²) in [7, 11) is 1.40. The Labute approximate surface area is 248 Å². The molecule has 0 bridgehead atoms. The largest absolute Gasteiger partial charge is 0.444 e. The van der Waals surface area contributed by atoms with Crippen LogP contribution >= 0.6 is 0 Å². The van der Waals surface area contributed by atoms with E-state index in [1.807, 2.05) is 0 Å². The molecule has 2 amide bonds. The second-order valence-corrected chi connectivity index (χ2v) is 12.4. The van der Waals surface area contributed by atoms with Gasteiger partial charge in [0.05, 0.1) is 11.7 Å². The number of carbonyl (C=O) groups excluding carboxylic acids is 2. The van der Waals surface area contributed by atoms with Crippen molar-refractivity contribution >= 4 is 23.5 Å². The van der Waals surface area contributed by atoms with E-state index in [1.165, 1.54) is 35.3 Å². The highest BCUT2D eigenvalue weighted by Gasteiger charge is 2.32. The number of rotatable bonds is 9. The van der Waals surface area contributed by atoms with Crippen molar-refractivity contribution in [1.29, 1.82) is 0 Å². The molecule has 3 aromatic heterocycles. The molecule has 2 aliphatic carbocycles. The number of hydrogen-bond acceptors (Lipinski definition) is 8. The average molecular weight is 601 g/mol. The van der Waals surface area contributed by atoms with Gasteiger partial charge in [-0.25, -0.2) is 23.5 Å². The molecule has 2 aliphatic rings. The maximum atomic E-state index is 14.0. The van der Waals surface area contributed by atoms with Gasteiger partial charge in [-0.3, -0.25) is 14.4 Å². The predicted molar refractivity (Wildman–Crippen MR) is 154 cm³/mol. The smallest absolute Gasteiger partial charge is 0.416 e. The number of pyridine rings is 1.